The maximum atomic E-state index is 13.2. The molecule has 0 bridgehead atoms. The maximum Gasteiger partial charge on any atom is 0.126 e. The molecule has 2 aliphatic heterocycles. The molecule has 1 aromatic rings. The summed E-state index contributed by atoms with van der Waals surface area (Å²) in [5.41, 5.74) is 0.606. The molecule has 1 aromatic carbocycles. The van der Waals surface area contributed by atoms with Crippen LogP contribution in [0.25, 0.3) is 0 Å². The zero-order valence-corrected chi connectivity index (χ0v) is 12.5. The van der Waals surface area contributed by atoms with Crippen LogP contribution in [0.3, 0.4) is 0 Å². The summed E-state index contributed by atoms with van der Waals surface area (Å²) >= 11 is 0. The first kappa shape index (κ1) is 15.8. The van der Waals surface area contributed by atoms with Gasteiger partial charge in [-0.2, -0.15) is 0 Å². The molecule has 0 aromatic heterocycles. The summed E-state index contributed by atoms with van der Waals surface area (Å²) in [7, 11) is 0. The molecule has 6 heteroatoms. The third-order valence-electron chi connectivity index (χ3n) is 4.47. The molecule has 2 saturated heterocycles. The summed E-state index contributed by atoms with van der Waals surface area (Å²) in [6, 6.07) is 3.74. The molecule has 0 spiro atoms. The highest BCUT2D eigenvalue weighted by Gasteiger charge is 2.32. The zero-order chi connectivity index (χ0) is 15.5. The van der Waals surface area contributed by atoms with Crippen LogP contribution in [0, 0.1) is 11.6 Å². The average Bonchev–Trinajstić information content (AvgIpc) is 2.47. The Morgan fingerprint density at radius 1 is 1.09 bits per heavy atom. The van der Waals surface area contributed by atoms with E-state index in [0.717, 1.165) is 45.3 Å². The molecule has 0 radical (unpaired) electrons. The van der Waals surface area contributed by atoms with E-state index in [4.69, 9.17) is 4.74 Å². The van der Waals surface area contributed by atoms with Crippen molar-refractivity contribution in [3.63, 3.8) is 0 Å². The lowest BCUT2D eigenvalue weighted by molar-refractivity contribution is -0.0534. The number of likely N-dealkylation sites (tertiary alicyclic amines) is 1. The summed E-state index contributed by atoms with van der Waals surface area (Å²) in [5.74, 6) is -1.11. The first-order chi connectivity index (χ1) is 10.6. The molecule has 4 nitrogen and oxygen atoms in total. The number of halogens is 2. The monoisotopic (exact) mass is 312 g/mol. The SMILES string of the molecule is O[C@@H]1CN(Cc2cc(F)cc(F)c2)CC[C@H]1N1CCOCC1. The molecule has 0 amide bonds. The Labute approximate surface area is 129 Å². The molecule has 2 atom stereocenters. The summed E-state index contributed by atoms with van der Waals surface area (Å²) in [4.78, 5) is 4.34. The summed E-state index contributed by atoms with van der Waals surface area (Å²) in [5, 5.41) is 10.4. The van der Waals surface area contributed by atoms with Gasteiger partial charge in [-0.25, -0.2) is 8.78 Å². The minimum atomic E-state index is -0.557. The molecule has 122 valence electrons. The van der Waals surface area contributed by atoms with Crippen molar-refractivity contribution in [1.29, 1.82) is 0 Å². The first-order valence-electron chi connectivity index (χ1n) is 7.79. The van der Waals surface area contributed by atoms with Gasteiger partial charge >= 0.3 is 0 Å². The highest BCUT2D eigenvalue weighted by atomic mass is 19.1. The largest absolute Gasteiger partial charge is 0.390 e. The van der Waals surface area contributed by atoms with E-state index < -0.39 is 17.7 Å². The Hall–Kier alpha value is -1.08. The van der Waals surface area contributed by atoms with E-state index in [-0.39, 0.29) is 6.04 Å². The van der Waals surface area contributed by atoms with Crippen LogP contribution in [-0.2, 0) is 11.3 Å². The van der Waals surface area contributed by atoms with E-state index in [1.807, 2.05) is 0 Å². The van der Waals surface area contributed by atoms with Crippen molar-refractivity contribution < 1.29 is 18.6 Å². The molecular formula is C16H22F2N2O2. The second-order valence-corrected chi connectivity index (χ2v) is 6.08. The lowest BCUT2D eigenvalue weighted by atomic mass is 9.99. The highest BCUT2D eigenvalue weighted by Crippen LogP contribution is 2.20. The number of β-amino-alcohol motifs (C(OH)–C–C–N with tert-alkyl or cyclic N) is 1. The van der Waals surface area contributed by atoms with Crippen LogP contribution in [0.2, 0.25) is 0 Å². The van der Waals surface area contributed by atoms with Crippen LogP contribution in [0.5, 0.6) is 0 Å². The van der Waals surface area contributed by atoms with Gasteiger partial charge in [0, 0.05) is 44.8 Å². The number of hydrogen-bond acceptors (Lipinski definition) is 4. The van der Waals surface area contributed by atoms with Crippen LogP contribution in [-0.4, -0.2) is 66.4 Å². The number of morpholine rings is 1. The smallest absolute Gasteiger partial charge is 0.126 e. The number of benzene rings is 1. The van der Waals surface area contributed by atoms with Crippen LogP contribution >= 0.6 is 0 Å². The van der Waals surface area contributed by atoms with E-state index in [1.54, 1.807) is 0 Å². The Balaban J connectivity index is 1.57. The standard InChI is InChI=1S/C16H22F2N2O2/c17-13-7-12(8-14(18)9-13)10-19-2-1-15(16(21)11-19)20-3-5-22-6-4-20/h7-9,15-16,21H,1-6,10-11H2/t15-,16-/m1/s1. The summed E-state index contributed by atoms with van der Waals surface area (Å²) in [6.45, 7) is 4.96. The fraction of sp³-hybridized carbons (Fsp3) is 0.625. The fourth-order valence-corrected chi connectivity index (χ4v) is 3.42. The van der Waals surface area contributed by atoms with Crippen molar-refractivity contribution in [3.05, 3.63) is 35.4 Å². The van der Waals surface area contributed by atoms with Gasteiger partial charge in [0.25, 0.3) is 0 Å². The van der Waals surface area contributed by atoms with Gasteiger partial charge < -0.3 is 9.84 Å². The third kappa shape index (κ3) is 3.81. The van der Waals surface area contributed by atoms with Crippen molar-refractivity contribution >= 4 is 0 Å². The van der Waals surface area contributed by atoms with Gasteiger partial charge in [0.2, 0.25) is 0 Å². The van der Waals surface area contributed by atoms with Crippen molar-refractivity contribution in [1.82, 2.24) is 9.80 Å². The number of aliphatic hydroxyl groups is 1. The number of aliphatic hydroxyl groups excluding tert-OH is 1. The van der Waals surface area contributed by atoms with Crippen molar-refractivity contribution in [3.8, 4) is 0 Å². The molecule has 0 saturated carbocycles. The van der Waals surface area contributed by atoms with Gasteiger partial charge in [0.15, 0.2) is 0 Å². The van der Waals surface area contributed by atoms with Crippen LogP contribution in [0.1, 0.15) is 12.0 Å². The van der Waals surface area contributed by atoms with Gasteiger partial charge in [-0.3, -0.25) is 9.80 Å². The number of hydrogen-bond donors (Lipinski definition) is 1. The van der Waals surface area contributed by atoms with Crippen LogP contribution < -0.4 is 0 Å². The lowest BCUT2D eigenvalue weighted by Gasteiger charge is -2.43. The topological polar surface area (TPSA) is 35.9 Å². The molecule has 3 rings (SSSR count). The predicted molar refractivity (Wildman–Crippen MR) is 78.4 cm³/mol. The number of nitrogens with zero attached hydrogens (tertiary/aromatic N) is 2. The maximum absolute atomic E-state index is 13.2. The summed E-state index contributed by atoms with van der Waals surface area (Å²) in [6.07, 6.45) is 0.421. The van der Waals surface area contributed by atoms with E-state index in [2.05, 4.69) is 9.80 Å². The van der Waals surface area contributed by atoms with E-state index in [0.29, 0.717) is 18.7 Å². The molecular weight excluding hydrogens is 290 g/mol. The molecule has 0 unspecified atom stereocenters. The predicted octanol–water partition coefficient (Wildman–Crippen LogP) is 1.23. The second-order valence-electron chi connectivity index (χ2n) is 6.08. The number of rotatable bonds is 3. The van der Waals surface area contributed by atoms with Crippen molar-refractivity contribution in [2.75, 3.05) is 39.4 Å². The van der Waals surface area contributed by atoms with Crippen LogP contribution in [0.4, 0.5) is 8.78 Å². The number of piperidine rings is 1. The normalized spacial score (nSPS) is 28.0. The van der Waals surface area contributed by atoms with Gasteiger partial charge in [-0.05, 0) is 24.1 Å². The van der Waals surface area contributed by atoms with Gasteiger partial charge in [0.1, 0.15) is 11.6 Å². The van der Waals surface area contributed by atoms with Crippen molar-refractivity contribution in [2.24, 2.45) is 0 Å². The quantitative estimate of drug-likeness (QED) is 0.911. The Kier molecular flexibility index (Phi) is 5.03. The zero-order valence-electron chi connectivity index (χ0n) is 12.5. The number of ether oxygens (including phenoxy) is 1. The van der Waals surface area contributed by atoms with E-state index in [1.165, 1.54) is 12.1 Å². The molecule has 0 aliphatic carbocycles. The van der Waals surface area contributed by atoms with Crippen LogP contribution in [0.15, 0.2) is 18.2 Å². The molecule has 22 heavy (non-hydrogen) atoms. The molecule has 2 fully saturated rings. The fourth-order valence-electron chi connectivity index (χ4n) is 3.42. The molecule has 2 aliphatic rings. The Morgan fingerprint density at radius 3 is 2.41 bits per heavy atom. The minimum Gasteiger partial charge on any atom is -0.390 e. The molecule has 1 N–H and O–H groups in total. The summed E-state index contributed by atoms with van der Waals surface area (Å²) < 4.78 is 31.8. The Morgan fingerprint density at radius 2 is 1.77 bits per heavy atom. The van der Waals surface area contributed by atoms with Gasteiger partial charge in [-0.15, -0.1) is 0 Å². The third-order valence-corrected chi connectivity index (χ3v) is 4.47. The average molecular weight is 312 g/mol. The second kappa shape index (κ2) is 7.00. The lowest BCUT2D eigenvalue weighted by Crippen LogP contribution is -2.56. The van der Waals surface area contributed by atoms with E-state index in [9.17, 15) is 13.9 Å². The van der Waals surface area contributed by atoms with Gasteiger partial charge in [-0.1, -0.05) is 0 Å². The van der Waals surface area contributed by atoms with E-state index >= 15 is 0 Å². The molecule has 2 heterocycles. The highest BCUT2D eigenvalue weighted by molar-refractivity contribution is 5.18. The van der Waals surface area contributed by atoms with Gasteiger partial charge in [0.05, 0.1) is 19.3 Å². The Bertz CT molecular complexity index is 489. The first-order valence-corrected chi connectivity index (χ1v) is 7.79. The minimum absolute atomic E-state index is 0.157. The van der Waals surface area contributed by atoms with Crippen molar-refractivity contribution in [2.45, 2.75) is 25.1 Å².